The Morgan fingerprint density at radius 3 is 2.60 bits per heavy atom. The van der Waals surface area contributed by atoms with Gasteiger partial charge in [0.2, 0.25) is 0 Å². The Balaban J connectivity index is 2.30. The molecule has 0 aliphatic carbocycles. The van der Waals surface area contributed by atoms with Crippen LogP contribution in [0.1, 0.15) is 32.7 Å². The molecule has 1 aliphatic rings. The smallest absolute Gasteiger partial charge is 0.258 e. The van der Waals surface area contributed by atoms with E-state index in [0.29, 0.717) is 11.1 Å². The number of imide groups is 1. The molecule has 0 aromatic heterocycles. The molecular weight excluding hydrogens is 258 g/mol. The monoisotopic (exact) mass is 267 g/mol. The lowest BCUT2D eigenvalue weighted by atomic mass is 10.0. The van der Waals surface area contributed by atoms with Crippen LogP contribution in [0.25, 0.3) is 0 Å². The van der Waals surface area contributed by atoms with Gasteiger partial charge in [0.05, 0.1) is 11.1 Å². The summed E-state index contributed by atoms with van der Waals surface area (Å²) < 4.78 is 0. The van der Waals surface area contributed by atoms with Gasteiger partial charge in [-0.25, -0.2) is 0 Å². The van der Waals surface area contributed by atoms with Crippen LogP contribution in [0.2, 0.25) is 0 Å². The third kappa shape index (κ3) is 1.95. The van der Waals surface area contributed by atoms with Crippen molar-refractivity contribution in [3.8, 4) is 0 Å². The van der Waals surface area contributed by atoms with Gasteiger partial charge in [0, 0.05) is 5.33 Å². The summed E-state index contributed by atoms with van der Waals surface area (Å²) in [4.78, 5) is 22.6. The molecule has 1 heterocycles. The van der Waals surface area contributed by atoms with Crippen molar-refractivity contribution in [3.63, 3.8) is 0 Å². The van der Waals surface area contributed by atoms with Crippen molar-refractivity contribution in [1.29, 1.82) is 0 Å². The number of hydrogen-bond acceptors (Lipinski definition) is 2. The average Bonchev–Trinajstić information content (AvgIpc) is 2.52. The molecular formula is C11H10BrNO2. The SMILES string of the molecule is O=C1NC(=O)c2cc(CCCBr)ccc21. The topological polar surface area (TPSA) is 46.2 Å². The lowest BCUT2D eigenvalue weighted by Gasteiger charge is -2.00. The average molecular weight is 268 g/mol. The molecule has 1 aliphatic heterocycles. The summed E-state index contributed by atoms with van der Waals surface area (Å²) in [5, 5.41) is 3.22. The zero-order valence-electron chi connectivity index (χ0n) is 8.05. The van der Waals surface area contributed by atoms with E-state index in [-0.39, 0.29) is 11.8 Å². The number of rotatable bonds is 3. The fourth-order valence-electron chi connectivity index (χ4n) is 1.64. The fourth-order valence-corrected chi connectivity index (χ4v) is 1.92. The third-order valence-corrected chi connectivity index (χ3v) is 2.96. The highest BCUT2D eigenvalue weighted by Gasteiger charge is 2.26. The van der Waals surface area contributed by atoms with Crippen LogP contribution in [-0.4, -0.2) is 17.1 Å². The maximum absolute atomic E-state index is 11.4. The largest absolute Gasteiger partial charge is 0.288 e. The van der Waals surface area contributed by atoms with E-state index in [1.54, 1.807) is 12.1 Å². The van der Waals surface area contributed by atoms with E-state index in [2.05, 4.69) is 21.2 Å². The number of fused-ring (bicyclic) bond motifs is 1. The van der Waals surface area contributed by atoms with Gasteiger partial charge in [-0.3, -0.25) is 14.9 Å². The van der Waals surface area contributed by atoms with Crippen molar-refractivity contribution in [2.45, 2.75) is 12.8 Å². The second kappa shape index (κ2) is 4.14. The van der Waals surface area contributed by atoms with E-state index < -0.39 is 0 Å². The van der Waals surface area contributed by atoms with E-state index in [4.69, 9.17) is 0 Å². The second-order valence-electron chi connectivity index (χ2n) is 3.46. The summed E-state index contributed by atoms with van der Waals surface area (Å²) in [7, 11) is 0. The fraction of sp³-hybridized carbons (Fsp3) is 0.273. The Morgan fingerprint density at radius 2 is 1.87 bits per heavy atom. The maximum atomic E-state index is 11.4. The van der Waals surface area contributed by atoms with Gasteiger partial charge in [0.25, 0.3) is 11.8 Å². The van der Waals surface area contributed by atoms with Crippen molar-refractivity contribution in [3.05, 3.63) is 34.9 Å². The number of alkyl halides is 1. The van der Waals surface area contributed by atoms with Crippen LogP contribution in [0.3, 0.4) is 0 Å². The first-order valence-electron chi connectivity index (χ1n) is 4.77. The number of benzene rings is 1. The number of nitrogens with one attached hydrogen (secondary N) is 1. The summed E-state index contributed by atoms with van der Waals surface area (Å²) in [6.07, 6.45) is 1.94. The minimum Gasteiger partial charge on any atom is -0.288 e. The number of carbonyl (C=O) groups excluding carboxylic acids is 2. The predicted octanol–water partition coefficient (Wildman–Crippen LogP) is 1.90. The van der Waals surface area contributed by atoms with Crippen LogP contribution in [-0.2, 0) is 6.42 Å². The Labute approximate surface area is 96.0 Å². The van der Waals surface area contributed by atoms with Crippen molar-refractivity contribution >= 4 is 27.7 Å². The van der Waals surface area contributed by atoms with Crippen molar-refractivity contribution in [2.24, 2.45) is 0 Å². The molecule has 0 atom stereocenters. The molecule has 1 aromatic rings. The first-order chi connectivity index (χ1) is 7.22. The highest BCUT2D eigenvalue weighted by molar-refractivity contribution is 9.09. The number of hydrogen-bond donors (Lipinski definition) is 1. The number of aryl methyl sites for hydroxylation is 1. The van der Waals surface area contributed by atoms with Gasteiger partial charge in [-0.1, -0.05) is 22.0 Å². The molecule has 4 heteroatoms. The summed E-state index contributed by atoms with van der Waals surface area (Å²) in [5.41, 5.74) is 2.09. The van der Waals surface area contributed by atoms with Crippen LogP contribution < -0.4 is 5.32 Å². The van der Waals surface area contributed by atoms with E-state index in [9.17, 15) is 9.59 Å². The molecule has 2 amide bonds. The van der Waals surface area contributed by atoms with Crippen LogP contribution >= 0.6 is 15.9 Å². The summed E-state index contributed by atoms with van der Waals surface area (Å²) in [6.45, 7) is 0. The number of amides is 2. The minimum absolute atomic E-state index is 0.282. The standard InChI is InChI=1S/C11H10BrNO2/c12-5-1-2-7-3-4-8-9(6-7)11(15)13-10(8)14/h3-4,6H,1-2,5H2,(H,13,14,15). The van der Waals surface area contributed by atoms with E-state index >= 15 is 0 Å². The number of carbonyl (C=O) groups is 2. The first kappa shape index (κ1) is 10.4. The Bertz CT molecular complexity index is 429. The van der Waals surface area contributed by atoms with Crippen molar-refractivity contribution in [1.82, 2.24) is 5.32 Å². The normalized spacial score (nSPS) is 13.9. The summed E-state index contributed by atoms with van der Waals surface area (Å²) >= 11 is 3.36. The van der Waals surface area contributed by atoms with Gasteiger partial charge >= 0.3 is 0 Å². The highest BCUT2D eigenvalue weighted by atomic mass is 79.9. The zero-order chi connectivity index (χ0) is 10.8. The molecule has 0 radical (unpaired) electrons. The second-order valence-corrected chi connectivity index (χ2v) is 4.25. The lowest BCUT2D eigenvalue weighted by molar-refractivity contribution is 0.0879. The number of halogens is 1. The van der Waals surface area contributed by atoms with Gasteiger partial charge in [-0.2, -0.15) is 0 Å². The molecule has 15 heavy (non-hydrogen) atoms. The molecule has 78 valence electrons. The summed E-state index contributed by atoms with van der Waals surface area (Å²) in [5.74, 6) is -0.572. The first-order valence-corrected chi connectivity index (χ1v) is 5.89. The lowest BCUT2D eigenvalue weighted by Crippen LogP contribution is -2.19. The molecule has 0 spiro atoms. The molecule has 0 fully saturated rings. The van der Waals surface area contributed by atoms with Gasteiger partial charge in [0.15, 0.2) is 0 Å². The maximum Gasteiger partial charge on any atom is 0.258 e. The van der Waals surface area contributed by atoms with Crippen LogP contribution in [0.4, 0.5) is 0 Å². The van der Waals surface area contributed by atoms with Crippen LogP contribution in [0, 0.1) is 0 Å². The van der Waals surface area contributed by atoms with Crippen molar-refractivity contribution in [2.75, 3.05) is 5.33 Å². The molecule has 0 unspecified atom stereocenters. The minimum atomic E-state index is -0.290. The zero-order valence-corrected chi connectivity index (χ0v) is 9.63. The van der Waals surface area contributed by atoms with Gasteiger partial charge in [0.1, 0.15) is 0 Å². The summed E-state index contributed by atoms with van der Waals surface area (Å²) in [6, 6.07) is 5.43. The van der Waals surface area contributed by atoms with Gasteiger partial charge in [-0.05, 0) is 30.5 Å². The van der Waals surface area contributed by atoms with Gasteiger partial charge < -0.3 is 0 Å². The van der Waals surface area contributed by atoms with E-state index in [0.717, 1.165) is 23.7 Å². The van der Waals surface area contributed by atoms with E-state index in [1.807, 2.05) is 6.07 Å². The van der Waals surface area contributed by atoms with Crippen LogP contribution in [0.5, 0.6) is 0 Å². The Kier molecular flexibility index (Phi) is 2.86. The molecule has 1 aromatic carbocycles. The van der Waals surface area contributed by atoms with Crippen LogP contribution in [0.15, 0.2) is 18.2 Å². The molecule has 0 bridgehead atoms. The molecule has 0 saturated carbocycles. The molecule has 0 saturated heterocycles. The Morgan fingerprint density at radius 1 is 1.13 bits per heavy atom. The molecule has 3 nitrogen and oxygen atoms in total. The quantitative estimate of drug-likeness (QED) is 0.672. The molecule has 2 rings (SSSR count). The highest BCUT2D eigenvalue weighted by Crippen LogP contribution is 2.18. The molecule has 1 N–H and O–H groups in total. The third-order valence-electron chi connectivity index (χ3n) is 2.40. The van der Waals surface area contributed by atoms with Crippen molar-refractivity contribution < 1.29 is 9.59 Å². The Hall–Kier alpha value is -1.16. The van der Waals surface area contributed by atoms with Gasteiger partial charge in [-0.15, -0.1) is 0 Å². The predicted molar refractivity (Wildman–Crippen MR) is 60.4 cm³/mol. The van der Waals surface area contributed by atoms with E-state index in [1.165, 1.54) is 0 Å².